The monoisotopic (exact) mass is 265 g/mol. The number of carbonyl (C=O) groups excluding carboxylic acids is 1. The molecule has 0 aromatic carbocycles. The quantitative estimate of drug-likeness (QED) is 0.567. The van der Waals surface area contributed by atoms with Gasteiger partial charge in [0.25, 0.3) is 0 Å². The minimum absolute atomic E-state index is 0.194. The Morgan fingerprint density at radius 3 is 2.28 bits per heavy atom. The Balaban J connectivity index is 4.50. The van der Waals surface area contributed by atoms with E-state index in [1.165, 1.54) is 5.32 Å². The van der Waals surface area contributed by atoms with Gasteiger partial charge >= 0.3 is 12.1 Å². The number of carboxylic acid groups (broad SMARTS) is 1. The summed E-state index contributed by atoms with van der Waals surface area (Å²) < 4.78 is 37.6. The van der Waals surface area contributed by atoms with Gasteiger partial charge in [-0.1, -0.05) is 0 Å². The number of hydrogen-bond donors (Lipinski definition) is 2. The average Bonchev–Trinajstić information content (AvgIpc) is 2.22. The van der Waals surface area contributed by atoms with E-state index in [1.807, 2.05) is 0 Å². The van der Waals surface area contributed by atoms with Gasteiger partial charge in [0, 0.05) is 12.8 Å². The molecule has 102 valence electrons. The van der Waals surface area contributed by atoms with E-state index >= 15 is 0 Å². The standard InChI is InChI=1S/C11H14F3NO3/c1-3-4-5-6-7-8(16)15-10(2,9(17)18)11(12,13)14/h1H,4-7H2,2H3,(H,15,16)(H,17,18). The lowest BCUT2D eigenvalue weighted by atomic mass is 10.0. The molecular formula is C11H14F3NO3. The van der Waals surface area contributed by atoms with Crippen molar-refractivity contribution in [1.29, 1.82) is 0 Å². The van der Waals surface area contributed by atoms with Gasteiger partial charge < -0.3 is 10.4 Å². The molecule has 0 spiro atoms. The number of aliphatic carboxylic acids is 1. The minimum atomic E-state index is -5.06. The summed E-state index contributed by atoms with van der Waals surface area (Å²) in [4.78, 5) is 21.9. The fourth-order valence-electron chi connectivity index (χ4n) is 1.10. The third-order valence-corrected chi connectivity index (χ3v) is 2.36. The Morgan fingerprint density at radius 2 is 1.89 bits per heavy atom. The highest BCUT2D eigenvalue weighted by Gasteiger charge is 2.58. The molecule has 0 aliphatic rings. The van der Waals surface area contributed by atoms with Crippen molar-refractivity contribution in [3.8, 4) is 12.3 Å². The Hall–Kier alpha value is -1.71. The molecule has 0 rings (SSSR count). The van der Waals surface area contributed by atoms with E-state index in [-0.39, 0.29) is 6.42 Å². The summed E-state index contributed by atoms with van der Waals surface area (Å²) in [5.41, 5.74) is -3.27. The molecule has 1 atom stereocenters. The number of carboxylic acids is 1. The first-order valence-electron chi connectivity index (χ1n) is 5.19. The molecule has 0 saturated carbocycles. The van der Waals surface area contributed by atoms with Gasteiger partial charge in [0.05, 0.1) is 0 Å². The molecule has 0 aliphatic carbocycles. The Kier molecular flexibility index (Phi) is 5.69. The number of halogens is 3. The predicted octanol–water partition coefficient (Wildman–Crippen LogP) is 1.70. The van der Waals surface area contributed by atoms with Gasteiger partial charge in [0.2, 0.25) is 11.4 Å². The van der Waals surface area contributed by atoms with Crippen molar-refractivity contribution < 1.29 is 27.9 Å². The second-order valence-corrected chi connectivity index (χ2v) is 3.89. The third kappa shape index (κ3) is 4.28. The maximum Gasteiger partial charge on any atom is 0.422 e. The minimum Gasteiger partial charge on any atom is -0.479 e. The second kappa shape index (κ2) is 6.28. The highest BCUT2D eigenvalue weighted by molar-refractivity contribution is 5.87. The van der Waals surface area contributed by atoms with Crippen molar-refractivity contribution in [3.63, 3.8) is 0 Å². The molecule has 0 saturated heterocycles. The van der Waals surface area contributed by atoms with Crippen LogP contribution in [-0.2, 0) is 9.59 Å². The van der Waals surface area contributed by atoms with Crippen molar-refractivity contribution >= 4 is 11.9 Å². The van der Waals surface area contributed by atoms with E-state index in [0.29, 0.717) is 26.2 Å². The maximum absolute atomic E-state index is 12.5. The number of rotatable bonds is 6. The SMILES string of the molecule is C#CCCCCC(=O)NC(C)(C(=O)O)C(F)(F)F. The Bertz CT molecular complexity index is 360. The van der Waals surface area contributed by atoms with Crippen molar-refractivity contribution in [3.05, 3.63) is 0 Å². The molecule has 18 heavy (non-hydrogen) atoms. The molecule has 0 heterocycles. The van der Waals surface area contributed by atoms with Crippen LogP contribution in [0, 0.1) is 12.3 Å². The van der Waals surface area contributed by atoms with Gasteiger partial charge in [0.15, 0.2) is 0 Å². The summed E-state index contributed by atoms with van der Waals surface area (Å²) in [5.74, 6) is -0.784. The number of nitrogens with one attached hydrogen (secondary N) is 1. The summed E-state index contributed by atoms with van der Waals surface area (Å²) in [5, 5.41) is 10.1. The first-order chi connectivity index (χ1) is 8.15. The lowest BCUT2D eigenvalue weighted by Gasteiger charge is -2.28. The molecule has 0 radical (unpaired) electrons. The van der Waals surface area contributed by atoms with Gasteiger partial charge in [-0.15, -0.1) is 12.3 Å². The van der Waals surface area contributed by atoms with Crippen LogP contribution in [0.3, 0.4) is 0 Å². The molecule has 1 unspecified atom stereocenters. The van der Waals surface area contributed by atoms with Gasteiger partial charge in [-0.3, -0.25) is 4.79 Å². The summed E-state index contributed by atoms with van der Waals surface area (Å²) in [7, 11) is 0. The number of unbranched alkanes of at least 4 members (excludes halogenated alkanes) is 2. The molecule has 2 N–H and O–H groups in total. The summed E-state index contributed by atoms with van der Waals surface area (Å²) in [6.07, 6.45) is 0.939. The van der Waals surface area contributed by atoms with Crippen molar-refractivity contribution in [2.24, 2.45) is 0 Å². The zero-order chi connectivity index (χ0) is 14.4. The Morgan fingerprint density at radius 1 is 1.33 bits per heavy atom. The van der Waals surface area contributed by atoms with Gasteiger partial charge in [-0.25, -0.2) is 4.79 Å². The first-order valence-corrected chi connectivity index (χ1v) is 5.19. The number of alkyl halides is 3. The molecule has 1 amide bonds. The van der Waals surface area contributed by atoms with Crippen LogP contribution in [0.2, 0.25) is 0 Å². The summed E-state index contributed by atoms with van der Waals surface area (Å²) in [6.45, 7) is 0.411. The molecule has 0 fully saturated rings. The van der Waals surface area contributed by atoms with E-state index in [2.05, 4.69) is 5.92 Å². The first kappa shape index (κ1) is 16.3. The second-order valence-electron chi connectivity index (χ2n) is 3.89. The van der Waals surface area contributed by atoms with E-state index < -0.39 is 23.6 Å². The topological polar surface area (TPSA) is 66.4 Å². The lowest BCUT2D eigenvalue weighted by molar-refractivity contribution is -0.207. The highest BCUT2D eigenvalue weighted by Crippen LogP contribution is 2.30. The average molecular weight is 265 g/mol. The van der Waals surface area contributed by atoms with Crippen LogP contribution in [0.4, 0.5) is 13.2 Å². The molecule has 0 aromatic rings. The van der Waals surface area contributed by atoms with Crippen molar-refractivity contribution in [1.82, 2.24) is 5.32 Å². The van der Waals surface area contributed by atoms with E-state index in [1.54, 1.807) is 0 Å². The highest BCUT2D eigenvalue weighted by atomic mass is 19.4. The van der Waals surface area contributed by atoms with Crippen LogP contribution in [-0.4, -0.2) is 28.7 Å². The van der Waals surface area contributed by atoms with Crippen LogP contribution in [0.25, 0.3) is 0 Å². The molecule has 0 aliphatic heterocycles. The van der Waals surface area contributed by atoms with E-state index in [9.17, 15) is 22.8 Å². The summed E-state index contributed by atoms with van der Waals surface area (Å²) in [6, 6.07) is 0. The van der Waals surface area contributed by atoms with Crippen LogP contribution in [0.15, 0.2) is 0 Å². The molecule has 4 nitrogen and oxygen atoms in total. The molecular weight excluding hydrogens is 251 g/mol. The fourth-order valence-corrected chi connectivity index (χ4v) is 1.10. The zero-order valence-electron chi connectivity index (χ0n) is 9.80. The van der Waals surface area contributed by atoms with Crippen LogP contribution < -0.4 is 5.32 Å². The van der Waals surface area contributed by atoms with E-state index in [0.717, 1.165) is 0 Å². The molecule has 0 bridgehead atoms. The van der Waals surface area contributed by atoms with E-state index in [4.69, 9.17) is 11.5 Å². The normalized spacial score (nSPS) is 14.4. The Labute approximate surface area is 103 Å². The van der Waals surface area contributed by atoms with Crippen LogP contribution in [0.1, 0.15) is 32.6 Å². The van der Waals surface area contributed by atoms with Gasteiger partial charge in [-0.05, 0) is 19.8 Å². The maximum atomic E-state index is 12.5. The zero-order valence-corrected chi connectivity index (χ0v) is 9.80. The smallest absolute Gasteiger partial charge is 0.422 e. The number of amides is 1. The number of carbonyl (C=O) groups is 2. The van der Waals surface area contributed by atoms with Crippen LogP contribution >= 0.6 is 0 Å². The van der Waals surface area contributed by atoms with Gasteiger partial charge in [0.1, 0.15) is 0 Å². The van der Waals surface area contributed by atoms with Gasteiger partial charge in [-0.2, -0.15) is 13.2 Å². The lowest BCUT2D eigenvalue weighted by Crippen LogP contribution is -2.61. The predicted molar refractivity (Wildman–Crippen MR) is 57.5 cm³/mol. The largest absolute Gasteiger partial charge is 0.479 e. The van der Waals surface area contributed by atoms with Crippen molar-refractivity contribution in [2.45, 2.75) is 44.3 Å². The molecule has 7 heteroatoms. The van der Waals surface area contributed by atoms with Crippen molar-refractivity contribution in [2.75, 3.05) is 0 Å². The number of terminal acetylenes is 1. The fraction of sp³-hybridized carbons (Fsp3) is 0.636. The van der Waals surface area contributed by atoms with Crippen LogP contribution in [0.5, 0.6) is 0 Å². The number of hydrogen-bond acceptors (Lipinski definition) is 2. The molecule has 0 aromatic heterocycles. The third-order valence-electron chi connectivity index (χ3n) is 2.36. The summed E-state index contributed by atoms with van der Waals surface area (Å²) >= 11 is 0.